The first-order valence-electron chi connectivity index (χ1n) is 9.39. The van der Waals surface area contributed by atoms with Gasteiger partial charge >= 0.3 is 0 Å². The van der Waals surface area contributed by atoms with Crippen molar-refractivity contribution in [2.45, 2.75) is 0 Å². The molecule has 2 aromatic heterocycles. The fourth-order valence-electron chi connectivity index (χ4n) is 3.17. The van der Waals surface area contributed by atoms with Crippen molar-refractivity contribution < 1.29 is 13.6 Å². The molecule has 5 aromatic rings. The summed E-state index contributed by atoms with van der Waals surface area (Å²) in [6.45, 7) is 0. The summed E-state index contributed by atoms with van der Waals surface area (Å²) in [5.74, 6) is 1.08. The van der Waals surface area contributed by atoms with Crippen molar-refractivity contribution in [3.63, 3.8) is 0 Å². The molecule has 1 amide bonds. The van der Waals surface area contributed by atoms with Crippen LogP contribution in [0.15, 0.2) is 92.2 Å². The lowest BCUT2D eigenvalue weighted by molar-refractivity contribution is 0.0997. The second kappa shape index (κ2) is 8.32. The first-order valence-corrected chi connectivity index (χ1v) is 11.3. The number of nitrogens with zero attached hydrogens (tertiary/aromatic N) is 1. The third-order valence-corrected chi connectivity index (χ3v) is 5.88. The minimum absolute atomic E-state index is 0.234. The zero-order chi connectivity index (χ0) is 21.4. The number of fused-ring (bicyclic) bond motifs is 1. The van der Waals surface area contributed by atoms with Gasteiger partial charge in [0.1, 0.15) is 11.3 Å². The molecule has 1 N–H and O–H groups in total. The molecule has 0 radical (unpaired) electrons. The average molecular weight is 585 g/mol. The van der Waals surface area contributed by atoms with Crippen molar-refractivity contribution in [1.82, 2.24) is 4.98 Å². The largest absolute Gasteiger partial charge is 0.451 e. The summed E-state index contributed by atoms with van der Waals surface area (Å²) in [6.07, 6.45) is 0. The maximum absolute atomic E-state index is 12.7. The number of hydrogen-bond donors (Lipinski definition) is 1. The van der Waals surface area contributed by atoms with Gasteiger partial charge in [0, 0.05) is 24.9 Å². The molecule has 5 rings (SSSR count). The van der Waals surface area contributed by atoms with Gasteiger partial charge in [0.15, 0.2) is 11.3 Å². The fourth-order valence-corrected chi connectivity index (χ4v) is 3.98. The Bertz CT molecular complexity index is 1410. The molecule has 0 aliphatic carbocycles. The van der Waals surface area contributed by atoms with Gasteiger partial charge in [0.25, 0.3) is 5.91 Å². The van der Waals surface area contributed by atoms with Crippen LogP contribution in [0.2, 0.25) is 0 Å². The van der Waals surface area contributed by atoms with Crippen molar-refractivity contribution in [2.75, 3.05) is 5.32 Å². The molecule has 0 aliphatic rings. The van der Waals surface area contributed by atoms with Crippen LogP contribution in [-0.4, -0.2) is 10.9 Å². The maximum Gasteiger partial charge on any atom is 0.291 e. The molecule has 0 atom stereocenters. The number of rotatable bonds is 4. The molecule has 7 heteroatoms. The summed E-state index contributed by atoms with van der Waals surface area (Å²) in [4.78, 5) is 17.2. The van der Waals surface area contributed by atoms with Gasteiger partial charge in [-0.3, -0.25) is 4.79 Å². The van der Waals surface area contributed by atoms with Gasteiger partial charge in [0.05, 0.1) is 0 Å². The number of halogens is 2. The number of carbonyl (C=O) groups excluding carboxylic acids is 1. The number of oxazole rings is 1. The molecule has 0 bridgehead atoms. The molecule has 0 unspecified atom stereocenters. The van der Waals surface area contributed by atoms with Gasteiger partial charge in [0.2, 0.25) is 5.89 Å². The second-order valence-electron chi connectivity index (χ2n) is 6.84. The number of amides is 1. The van der Waals surface area contributed by atoms with E-state index in [0.29, 0.717) is 28.4 Å². The normalized spacial score (nSPS) is 11.0. The first-order chi connectivity index (χ1) is 15.0. The molecule has 31 heavy (non-hydrogen) atoms. The molecular formula is C24H14BrIN2O3. The van der Waals surface area contributed by atoms with Gasteiger partial charge < -0.3 is 14.2 Å². The van der Waals surface area contributed by atoms with E-state index in [2.05, 4.69) is 48.8 Å². The van der Waals surface area contributed by atoms with Crippen molar-refractivity contribution in [3.05, 3.63) is 92.7 Å². The topological polar surface area (TPSA) is 68.3 Å². The van der Waals surface area contributed by atoms with Gasteiger partial charge in [-0.15, -0.1) is 0 Å². The van der Waals surface area contributed by atoms with Crippen LogP contribution in [-0.2, 0) is 0 Å². The summed E-state index contributed by atoms with van der Waals surface area (Å²) in [7, 11) is 0. The lowest BCUT2D eigenvalue weighted by Crippen LogP contribution is -2.10. The number of aromatic nitrogens is 1. The zero-order valence-corrected chi connectivity index (χ0v) is 19.7. The predicted octanol–water partition coefficient (Wildman–Crippen LogP) is 7.37. The van der Waals surface area contributed by atoms with E-state index in [1.807, 2.05) is 48.5 Å². The number of furan rings is 1. The Balaban J connectivity index is 1.36. The Morgan fingerprint density at radius 1 is 0.903 bits per heavy atom. The summed E-state index contributed by atoms with van der Waals surface area (Å²) in [5, 5.41) is 2.86. The highest BCUT2D eigenvalue weighted by Crippen LogP contribution is 2.28. The van der Waals surface area contributed by atoms with Gasteiger partial charge in [-0.2, -0.15) is 0 Å². The summed E-state index contributed by atoms with van der Waals surface area (Å²) in [5.41, 5.74) is 3.74. The second-order valence-corrected chi connectivity index (χ2v) is 9.00. The van der Waals surface area contributed by atoms with Crippen LogP contribution in [0.4, 0.5) is 5.69 Å². The predicted molar refractivity (Wildman–Crippen MR) is 132 cm³/mol. The van der Waals surface area contributed by atoms with E-state index in [4.69, 9.17) is 8.83 Å². The van der Waals surface area contributed by atoms with Gasteiger partial charge in [-0.05, 0) is 83.3 Å². The van der Waals surface area contributed by atoms with Crippen molar-refractivity contribution in [3.8, 4) is 22.8 Å². The third kappa shape index (κ3) is 4.28. The van der Waals surface area contributed by atoms with Crippen LogP contribution < -0.4 is 5.32 Å². The van der Waals surface area contributed by atoms with E-state index in [9.17, 15) is 4.79 Å². The molecule has 0 saturated carbocycles. The Hall–Kier alpha value is -2.91. The van der Waals surface area contributed by atoms with Crippen LogP contribution in [0, 0.1) is 3.57 Å². The van der Waals surface area contributed by atoms with E-state index in [1.54, 1.807) is 30.3 Å². The highest BCUT2D eigenvalue weighted by Gasteiger charge is 2.14. The SMILES string of the molecule is O=C(Nc1ccc2oc(-c3cccc(I)c3)nc2c1)c1ccc(-c2ccc(Br)cc2)o1. The standard InChI is InChI=1S/C24H14BrIN2O3/c25-16-6-4-14(5-7-16)20-10-11-22(30-20)23(29)27-18-8-9-21-19(13-18)28-24(31-21)15-2-1-3-17(26)12-15/h1-13H,(H,27,29). The minimum Gasteiger partial charge on any atom is -0.451 e. The summed E-state index contributed by atoms with van der Waals surface area (Å²) >= 11 is 5.66. The summed E-state index contributed by atoms with van der Waals surface area (Å²) in [6, 6.07) is 24.4. The molecule has 0 saturated heterocycles. The molecular weight excluding hydrogens is 571 g/mol. The van der Waals surface area contributed by atoms with Gasteiger partial charge in [-0.25, -0.2) is 4.98 Å². The third-order valence-electron chi connectivity index (χ3n) is 4.68. The molecule has 0 fully saturated rings. The van der Waals surface area contributed by atoms with Crippen LogP contribution in [0.25, 0.3) is 33.9 Å². The van der Waals surface area contributed by atoms with Crippen LogP contribution in [0.5, 0.6) is 0 Å². The number of anilines is 1. The zero-order valence-electron chi connectivity index (χ0n) is 15.9. The monoisotopic (exact) mass is 584 g/mol. The highest BCUT2D eigenvalue weighted by molar-refractivity contribution is 14.1. The van der Waals surface area contributed by atoms with Crippen molar-refractivity contribution in [1.29, 1.82) is 0 Å². The quantitative estimate of drug-likeness (QED) is 0.224. The van der Waals surface area contributed by atoms with E-state index >= 15 is 0 Å². The fraction of sp³-hybridized carbons (Fsp3) is 0. The number of benzene rings is 3. The van der Waals surface area contributed by atoms with Crippen molar-refractivity contribution in [2.24, 2.45) is 0 Å². The van der Waals surface area contributed by atoms with E-state index in [1.165, 1.54) is 0 Å². The maximum atomic E-state index is 12.7. The Kier molecular flexibility index (Phi) is 5.37. The molecule has 0 aliphatic heterocycles. The average Bonchev–Trinajstić information content (AvgIpc) is 3.41. The Labute approximate surface area is 199 Å². The lowest BCUT2D eigenvalue weighted by Gasteiger charge is -2.03. The number of hydrogen-bond acceptors (Lipinski definition) is 4. The minimum atomic E-state index is -0.330. The van der Waals surface area contributed by atoms with Crippen molar-refractivity contribution >= 4 is 61.2 Å². The molecule has 2 heterocycles. The number of carbonyl (C=O) groups is 1. The molecule has 5 nitrogen and oxygen atoms in total. The summed E-state index contributed by atoms with van der Waals surface area (Å²) < 4.78 is 13.7. The van der Waals surface area contributed by atoms with Gasteiger partial charge in [-0.1, -0.05) is 34.1 Å². The number of nitrogens with one attached hydrogen (secondary N) is 1. The molecule has 3 aromatic carbocycles. The first kappa shape index (κ1) is 20.0. The van der Waals surface area contributed by atoms with Crippen LogP contribution in [0.3, 0.4) is 0 Å². The Morgan fingerprint density at radius 3 is 2.55 bits per heavy atom. The molecule has 152 valence electrons. The molecule has 0 spiro atoms. The van der Waals surface area contributed by atoms with E-state index < -0.39 is 0 Å². The smallest absolute Gasteiger partial charge is 0.291 e. The highest BCUT2D eigenvalue weighted by atomic mass is 127. The lowest BCUT2D eigenvalue weighted by atomic mass is 10.2. The Morgan fingerprint density at radius 2 is 1.74 bits per heavy atom. The van der Waals surface area contributed by atoms with E-state index in [0.717, 1.165) is 19.2 Å². The van der Waals surface area contributed by atoms with Crippen LogP contribution in [0.1, 0.15) is 10.6 Å². The van der Waals surface area contributed by atoms with E-state index in [-0.39, 0.29) is 11.7 Å². The van der Waals surface area contributed by atoms with Crippen LogP contribution >= 0.6 is 38.5 Å².